The van der Waals surface area contributed by atoms with E-state index in [1.54, 1.807) is 13.4 Å². The van der Waals surface area contributed by atoms with Crippen LogP contribution in [-0.4, -0.2) is 91.8 Å². The summed E-state index contributed by atoms with van der Waals surface area (Å²) in [4.78, 5) is 12.9. The molecule has 1 aromatic heterocycles. The molecule has 1 aromatic carbocycles. The smallest absolute Gasteiger partial charge is 0.161 e. The van der Waals surface area contributed by atoms with Crippen LogP contribution in [-0.2, 0) is 11.3 Å². The van der Waals surface area contributed by atoms with Crippen molar-refractivity contribution in [2.24, 2.45) is 0 Å². The topological polar surface area (TPSA) is 92.2 Å². The average Bonchev–Trinajstić information content (AvgIpc) is 3.22. The summed E-state index contributed by atoms with van der Waals surface area (Å²) in [6.45, 7) is 9.40. The monoisotopic (exact) mass is 457 g/mol. The van der Waals surface area contributed by atoms with Crippen LogP contribution in [0, 0.1) is 6.92 Å². The zero-order chi connectivity index (χ0) is 23.1. The van der Waals surface area contributed by atoms with E-state index in [2.05, 4.69) is 25.1 Å². The Morgan fingerprint density at radius 1 is 1.15 bits per heavy atom. The molecule has 33 heavy (non-hydrogen) atoms. The number of hydrogen-bond acceptors (Lipinski definition) is 9. The van der Waals surface area contributed by atoms with Crippen molar-refractivity contribution in [1.29, 1.82) is 0 Å². The molecule has 2 aliphatic heterocycles. The minimum absolute atomic E-state index is 0.508. The van der Waals surface area contributed by atoms with Crippen molar-refractivity contribution in [3.63, 3.8) is 0 Å². The first-order valence-corrected chi connectivity index (χ1v) is 11.6. The lowest BCUT2D eigenvalue weighted by atomic mass is 10.0. The Hall–Kier alpha value is -2.46. The number of β-amino-alcohol motifs (C(OH)–C–C–N with tert-alkyl or cyclic N) is 1. The van der Waals surface area contributed by atoms with Crippen LogP contribution in [0.4, 0.5) is 5.82 Å². The van der Waals surface area contributed by atoms with Gasteiger partial charge in [-0.05, 0) is 31.0 Å². The number of morpholine rings is 1. The number of nitrogens with zero attached hydrogens (tertiary/aromatic N) is 4. The maximum absolute atomic E-state index is 11.0. The molecule has 2 saturated heterocycles. The third-order valence-electron chi connectivity index (χ3n) is 6.23. The fourth-order valence-electron chi connectivity index (χ4n) is 4.30. The second-order valence-electron chi connectivity index (χ2n) is 8.80. The van der Waals surface area contributed by atoms with Gasteiger partial charge in [-0.3, -0.25) is 4.90 Å². The minimum Gasteiger partial charge on any atom is -0.493 e. The van der Waals surface area contributed by atoms with E-state index in [0.717, 1.165) is 68.0 Å². The van der Waals surface area contributed by atoms with E-state index in [1.807, 2.05) is 31.2 Å². The lowest BCUT2D eigenvalue weighted by Crippen LogP contribution is -2.43. The molecular formula is C24H35N5O4. The Labute approximate surface area is 195 Å². The lowest BCUT2D eigenvalue weighted by Gasteiger charge is -2.26. The normalized spacial score (nSPS) is 21.4. The molecule has 4 rings (SSSR count). The van der Waals surface area contributed by atoms with Crippen LogP contribution in [0.3, 0.4) is 0 Å². The number of aryl methyl sites for hydroxylation is 1. The van der Waals surface area contributed by atoms with Crippen molar-refractivity contribution in [2.45, 2.75) is 25.5 Å². The van der Waals surface area contributed by atoms with Gasteiger partial charge in [0.2, 0.25) is 0 Å². The number of rotatable bonds is 10. The molecule has 0 unspecified atom stereocenters. The Morgan fingerprint density at radius 3 is 2.79 bits per heavy atom. The largest absolute Gasteiger partial charge is 0.493 e. The molecule has 2 N–H and O–H groups in total. The van der Waals surface area contributed by atoms with Gasteiger partial charge in [-0.2, -0.15) is 0 Å². The summed E-state index contributed by atoms with van der Waals surface area (Å²) in [6.07, 6.45) is 2.27. The zero-order valence-electron chi connectivity index (χ0n) is 19.6. The fraction of sp³-hybridized carbons (Fsp3) is 0.583. The molecule has 0 radical (unpaired) electrons. The van der Waals surface area contributed by atoms with Gasteiger partial charge in [-0.15, -0.1) is 0 Å². The van der Waals surface area contributed by atoms with Gasteiger partial charge >= 0.3 is 0 Å². The standard InChI is InChI=1S/C24H35N5O4/c1-19-13-23(27-18-26-19)29-6-5-24(30,17-29)16-25-15-20-3-4-21(22(14-20)31-2)33-12-9-28-7-10-32-11-8-28/h3-4,13-14,18,25,30H,5-12,15-17H2,1-2H3/t24-/m1/s1. The molecule has 2 aromatic rings. The SMILES string of the molecule is COc1cc(CNC[C@]2(O)CCN(c3cc(C)ncn3)C2)ccc1OCCN1CCOCC1. The van der Waals surface area contributed by atoms with Crippen molar-refractivity contribution in [3.05, 3.63) is 41.9 Å². The molecule has 3 heterocycles. The molecule has 0 saturated carbocycles. The highest BCUT2D eigenvalue weighted by molar-refractivity contribution is 5.43. The van der Waals surface area contributed by atoms with Gasteiger partial charge < -0.3 is 29.5 Å². The Balaban J connectivity index is 1.24. The average molecular weight is 458 g/mol. The van der Waals surface area contributed by atoms with Crippen LogP contribution in [0.1, 0.15) is 17.7 Å². The number of ether oxygens (including phenoxy) is 3. The van der Waals surface area contributed by atoms with Crippen LogP contribution in [0.5, 0.6) is 11.5 Å². The molecule has 0 amide bonds. The molecule has 9 nitrogen and oxygen atoms in total. The number of nitrogens with one attached hydrogen (secondary N) is 1. The predicted octanol–water partition coefficient (Wildman–Crippen LogP) is 1.24. The Morgan fingerprint density at radius 2 is 2.00 bits per heavy atom. The first kappa shape index (κ1) is 23.7. The number of hydrogen-bond donors (Lipinski definition) is 2. The third-order valence-corrected chi connectivity index (χ3v) is 6.23. The van der Waals surface area contributed by atoms with Gasteiger partial charge in [0.1, 0.15) is 18.8 Å². The van der Waals surface area contributed by atoms with E-state index in [9.17, 15) is 5.11 Å². The van der Waals surface area contributed by atoms with E-state index in [4.69, 9.17) is 14.2 Å². The summed E-state index contributed by atoms with van der Waals surface area (Å²) in [6, 6.07) is 7.94. The van der Waals surface area contributed by atoms with E-state index < -0.39 is 5.60 Å². The number of aliphatic hydroxyl groups is 1. The lowest BCUT2D eigenvalue weighted by molar-refractivity contribution is 0.0321. The van der Waals surface area contributed by atoms with Crippen molar-refractivity contribution >= 4 is 5.82 Å². The molecular weight excluding hydrogens is 422 g/mol. The summed E-state index contributed by atoms with van der Waals surface area (Å²) >= 11 is 0. The number of aromatic nitrogens is 2. The summed E-state index contributed by atoms with van der Waals surface area (Å²) in [5, 5.41) is 14.4. The highest BCUT2D eigenvalue weighted by Gasteiger charge is 2.36. The highest BCUT2D eigenvalue weighted by Crippen LogP contribution is 2.29. The van der Waals surface area contributed by atoms with Crippen molar-refractivity contribution in [1.82, 2.24) is 20.2 Å². The molecule has 0 spiro atoms. The highest BCUT2D eigenvalue weighted by atomic mass is 16.5. The summed E-state index contributed by atoms with van der Waals surface area (Å²) in [5.41, 5.74) is 1.22. The van der Waals surface area contributed by atoms with Crippen molar-refractivity contribution in [2.75, 3.05) is 71.1 Å². The van der Waals surface area contributed by atoms with Gasteiger partial charge in [0, 0.05) is 57.6 Å². The first-order valence-electron chi connectivity index (χ1n) is 11.6. The number of methoxy groups -OCH3 is 1. The van der Waals surface area contributed by atoms with Crippen LogP contribution in [0.2, 0.25) is 0 Å². The quantitative estimate of drug-likeness (QED) is 0.547. The number of anilines is 1. The summed E-state index contributed by atoms with van der Waals surface area (Å²) < 4.78 is 16.9. The number of benzene rings is 1. The van der Waals surface area contributed by atoms with E-state index in [-0.39, 0.29) is 0 Å². The third kappa shape index (κ3) is 6.54. The summed E-state index contributed by atoms with van der Waals surface area (Å²) in [5.74, 6) is 2.34. The Kier molecular flexibility index (Phi) is 7.97. The van der Waals surface area contributed by atoms with Gasteiger partial charge in [0.05, 0.1) is 25.9 Å². The van der Waals surface area contributed by atoms with Gasteiger partial charge in [0.25, 0.3) is 0 Å². The molecule has 1 atom stereocenters. The molecule has 180 valence electrons. The van der Waals surface area contributed by atoms with Crippen LogP contribution in [0.15, 0.2) is 30.6 Å². The molecule has 0 bridgehead atoms. The van der Waals surface area contributed by atoms with E-state index in [0.29, 0.717) is 32.7 Å². The maximum Gasteiger partial charge on any atom is 0.161 e. The Bertz CT molecular complexity index is 908. The second-order valence-corrected chi connectivity index (χ2v) is 8.80. The zero-order valence-corrected chi connectivity index (χ0v) is 19.6. The van der Waals surface area contributed by atoms with Crippen molar-refractivity contribution in [3.8, 4) is 11.5 Å². The maximum atomic E-state index is 11.0. The van der Waals surface area contributed by atoms with Crippen molar-refractivity contribution < 1.29 is 19.3 Å². The minimum atomic E-state index is -0.786. The summed E-state index contributed by atoms with van der Waals surface area (Å²) in [7, 11) is 1.66. The van der Waals surface area contributed by atoms with Crippen LogP contribution >= 0.6 is 0 Å². The molecule has 2 fully saturated rings. The van der Waals surface area contributed by atoms with Gasteiger partial charge in [0.15, 0.2) is 11.5 Å². The molecule has 0 aliphatic carbocycles. The van der Waals surface area contributed by atoms with E-state index >= 15 is 0 Å². The molecule has 2 aliphatic rings. The predicted molar refractivity (Wildman–Crippen MR) is 126 cm³/mol. The first-order chi connectivity index (χ1) is 16.0. The van der Waals surface area contributed by atoms with Gasteiger partial charge in [-0.25, -0.2) is 9.97 Å². The molecule has 9 heteroatoms. The van der Waals surface area contributed by atoms with Crippen LogP contribution in [0.25, 0.3) is 0 Å². The van der Waals surface area contributed by atoms with Gasteiger partial charge in [-0.1, -0.05) is 6.07 Å². The second kappa shape index (κ2) is 11.1. The van der Waals surface area contributed by atoms with Crippen LogP contribution < -0.4 is 19.7 Å². The fourth-order valence-corrected chi connectivity index (χ4v) is 4.30. The van der Waals surface area contributed by atoms with E-state index in [1.165, 1.54) is 0 Å².